The minimum atomic E-state index is -0.0179. The number of nitrogens with zero attached hydrogens (tertiary/aromatic N) is 3. The van der Waals surface area contributed by atoms with Crippen molar-refractivity contribution in [2.24, 2.45) is 0 Å². The van der Waals surface area contributed by atoms with Gasteiger partial charge >= 0.3 is 0 Å². The summed E-state index contributed by atoms with van der Waals surface area (Å²) in [7, 11) is 0. The third-order valence-corrected chi connectivity index (χ3v) is 6.00. The standard InChI is InChI=1S/C23H24ClN3O/c1-15-18(8-7-17-5-3-4-6-21(15)17)14-27(23(28)12-24)20-9-10-22-19(11-20)13-25-16(2)26-22/h3-8,13,20H,9-12,14H2,1-2H3. The molecule has 0 spiro atoms. The molecule has 0 fully saturated rings. The van der Waals surface area contributed by atoms with E-state index < -0.39 is 0 Å². The van der Waals surface area contributed by atoms with Gasteiger partial charge in [-0.25, -0.2) is 9.97 Å². The van der Waals surface area contributed by atoms with Crippen molar-refractivity contribution in [3.8, 4) is 0 Å². The third kappa shape index (κ3) is 3.61. The Morgan fingerprint density at radius 3 is 2.86 bits per heavy atom. The first-order chi connectivity index (χ1) is 13.6. The molecule has 1 amide bonds. The van der Waals surface area contributed by atoms with Crippen molar-refractivity contribution in [2.45, 2.75) is 45.7 Å². The number of aryl methyl sites for hydroxylation is 3. The van der Waals surface area contributed by atoms with Crippen molar-refractivity contribution >= 4 is 28.3 Å². The van der Waals surface area contributed by atoms with Gasteiger partial charge in [0, 0.05) is 24.5 Å². The van der Waals surface area contributed by atoms with Crippen molar-refractivity contribution in [3.63, 3.8) is 0 Å². The number of amides is 1. The summed E-state index contributed by atoms with van der Waals surface area (Å²) in [4.78, 5) is 23.6. The molecule has 0 saturated carbocycles. The predicted molar refractivity (Wildman–Crippen MR) is 113 cm³/mol. The fourth-order valence-corrected chi connectivity index (χ4v) is 4.33. The number of benzene rings is 2. The molecular weight excluding hydrogens is 370 g/mol. The first kappa shape index (κ1) is 18.9. The second-order valence-corrected chi connectivity index (χ2v) is 7.78. The van der Waals surface area contributed by atoms with Gasteiger partial charge in [-0.2, -0.15) is 0 Å². The second-order valence-electron chi connectivity index (χ2n) is 7.51. The molecule has 0 aliphatic heterocycles. The lowest BCUT2D eigenvalue weighted by Gasteiger charge is -2.35. The lowest BCUT2D eigenvalue weighted by Crippen LogP contribution is -2.44. The molecule has 144 valence electrons. The quantitative estimate of drug-likeness (QED) is 0.618. The van der Waals surface area contributed by atoms with E-state index in [1.807, 2.05) is 24.1 Å². The van der Waals surface area contributed by atoms with Crippen LogP contribution in [0.25, 0.3) is 10.8 Å². The monoisotopic (exact) mass is 393 g/mol. The minimum Gasteiger partial charge on any atom is -0.334 e. The molecule has 28 heavy (non-hydrogen) atoms. The van der Waals surface area contributed by atoms with Crippen molar-refractivity contribution in [3.05, 3.63) is 70.8 Å². The highest BCUT2D eigenvalue weighted by Crippen LogP contribution is 2.27. The fraction of sp³-hybridized carbons (Fsp3) is 0.348. The van der Waals surface area contributed by atoms with Crippen molar-refractivity contribution < 1.29 is 4.79 Å². The van der Waals surface area contributed by atoms with E-state index in [1.165, 1.54) is 21.9 Å². The smallest absolute Gasteiger partial charge is 0.238 e. The zero-order chi connectivity index (χ0) is 19.7. The number of halogens is 1. The Labute approximate surface area is 170 Å². The Balaban J connectivity index is 1.64. The highest BCUT2D eigenvalue weighted by Gasteiger charge is 2.28. The molecule has 0 radical (unpaired) electrons. The fourth-order valence-electron chi connectivity index (χ4n) is 4.18. The van der Waals surface area contributed by atoms with Gasteiger partial charge in [0.2, 0.25) is 5.91 Å². The van der Waals surface area contributed by atoms with Gasteiger partial charge in [-0.1, -0.05) is 36.4 Å². The van der Waals surface area contributed by atoms with E-state index in [4.69, 9.17) is 11.6 Å². The van der Waals surface area contributed by atoms with Gasteiger partial charge in [-0.05, 0) is 60.6 Å². The summed E-state index contributed by atoms with van der Waals surface area (Å²) in [5.74, 6) is 0.786. The van der Waals surface area contributed by atoms with Crippen LogP contribution in [0.5, 0.6) is 0 Å². The normalized spacial score (nSPS) is 16.0. The van der Waals surface area contributed by atoms with Gasteiger partial charge in [-0.3, -0.25) is 4.79 Å². The van der Waals surface area contributed by atoms with E-state index in [1.54, 1.807) is 0 Å². The molecule has 4 nitrogen and oxygen atoms in total. The highest BCUT2D eigenvalue weighted by molar-refractivity contribution is 6.27. The van der Waals surface area contributed by atoms with Crippen LogP contribution in [0, 0.1) is 13.8 Å². The number of alkyl halides is 1. The summed E-state index contributed by atoms with van der Waals surface area (Å²) in [5, 5.41) is 2.45. The van der Waals surface area contributed by atoms with E-state index in [-0.39, 0.29) is 17.8 Å². The number of aromatic nitrogens is 2. The van der Waals surface area contributed by atoms with Crippen molar-refractivity contribution in [1.82, 2.24) is 14.9 Å². The van der Waals surface area contributed by atoms with Crippen LogP contribution >= 0.6 is 11.6 Å². The van der Waals surface area contributed by atoms with Gasteiger partial charge in [0.15, 0.2) is 0 Å². The van der Waals surface area contributed by atoms with Crippen molar-refractivity contribution in [1.29, 1.82) is 0 Å². The summed E-state index contributed by atoms with van der Waals surface area (Å²) < 4.78 is 0. The third-order valence-electron chi connectivity index (χ3n) is 5.77. The Bertz CT molecular complexity index is 1030. The summed E-state index contributed by atoms with van der Waals surface area (Å²) in [5.41, 5.74) is 4.65. The predicted octanol–water partition coefficient (Wildman–Crippen LogP) is 4.37. The number of hydrogen-bond donors (Lipinski definition) is 0. The molecule has 0 N–H and O–H groups in total. The molecule has 1 unspecified atom stereocenters. The van der Waals surface area contributed by atoms with Gasteiger partial charge in [0.25, 0.3) is 0 Å². The minimum absolute atomic E-state index is 0.000381. The maximum absolute atomic E-state index is 12.7. The number of fused-ring (bicyclic) bond motifs is 2. The van der Waals surface area contributed by atoms with Crippen molar-refractivity contribution in [2.75, 3.05) is 5.88 Å². The Morgan fingerprint density at radius 1 is 1.21 bits per heavy atom. The summed E-state index contributed by atoms with van der Waals surface area (Å²) in [6.45, 7) is 4.63. The SMILES string of the molecule is Cc1ncc2c(n1)CCC(N(Cc1ccc3ccccc3c1C)C(=O)CCl)C2. The van der Waals surface area contributed by atoms with Gasteiger partial charge in [0.05, 0.1) is 0 Å². The first-order valence-electron chi connectivity index (χ1n) is 9.71. The van der Waals surface area contributed by atoms with Crippen LogP contribution < -0.4 is 0 Å². The Kier molecular flexibility index (Phi) is 5.31. The van der Waals surface area contributed by atoms with Gasteiger partial charge in [-0.15, -0.1) is 11.6 Å². The summed E-state index contributed by atoms with van der Waals surface area (Å²) >= 11 is 5.97. The van der Waals surface area contributed by atoms with E-state index in [0.717, 1.165) is 36.3 Å². The molecule has 3 aromatic rings. The van der Waals surface area contributed by atoms with E-state index in [2.05, 4.69) is 47.2 Å². The zero-order valence-corrected chi connectivity index (χ0v) is 17.0. The van der Waals surface area contributed by atoms with Gasteiger partial charge < -0.3 is 4.90 Å². The number of carbonyl (C=O) groups excluding carboxylic acids is 1. The lowest BCUT2D eigenvalue weighted by atomic mass is 9.90. The molecule has 1 aromatic heterocycles. The molecule has 0 saturated heterocycles. The van der Waals surface area contributed by atoms with Crippen LogP contribution in [0.4, 0.5) is 0 Å². The zero-order valence-electron chi connectivity index (χ0n) is 16.3. The second kappa shape index (κ2) is 7.88. The van der Waals surface area contributed by atoms with E-state index >= 15 is 0 Å². The lowest BCUT2D eigenvalue weighted by molar-refractivity contribution is -0.131. The van der Waals surface area contributed by atoms with Crippen LogP contribution in [-0.2, 0) is 24.2 Å². The molecule has 0 bridgehead atoms. The van der Waals surface area contributed by atoms with E-state index in [0.29, 0.717) is 6.54 Å². The Morgan fingerprint density at radius 2 is 2.04 bits per heavy atom. The molecule has 2 aromatic carbocycles. The van der Waals surface area contributed by atoms with Crippen LogP contribution in [0.15, 0.2) is 42.6 Å². The first-order valence-corrected chi connectivity index (χ1v) is 10.2. The topological polar surface area (TPSA) is 46.1 Å². The molecule has 1 atom stereocenters. The molecule has 1 aliphatic rings. The number of hydrogen-bond acceptors (Lipinski definition) is 3. The van der Waals surface area contributed by atoms with E-state index in [9.17, 15) is 4.79 Å². The average Bonchev–Trinajstić information content (AvgIpc) is 2.72. The molecule has 1 heterocycles. The van der Waals surface area contributed by atoms with Gasteiger partial charge in [0.1, 0.15) is 11.7 Å². The Hall–Kier alpha value is -2.46. The van der Waals surface area contributed by atoms with Crippen LogP contribution in [-0.4, -0.2) is 32.7 Å². The molecule has 5 heteroatoms. The molecule has 1 aliphatic carbocycles. The van der Waals surface area contributed by atoms with Crippen LogP contribution in [0.1, 0.15) is 34.6 Å². The largest absolute Gasteiger partial charge is 0.334 e. The molecular formula is C23H24ClN3O. The van der Waals surface area contributed by atoms with Crippen LogP contribution in [0.2, 0.25) is 0 Å². The number of carbonyl (C=O) groups is 1. The summed E-state index contributed by atoms with van der Waals surface area (Å²) in [6, 6.07) is 12.8. The maximum atomic E-state index is 12.7. The maximum Gasteiger partial charge on any atom is 0.238 e. The van der Waals surface area contributed by atoms with Crippen LogP contribution in [0.3, 0.4) is 0 Å². The average molecular weight is 394 g/mol. The molecule has 4 rings (SSSR count). The summed E-state index contributed by atoms with van der Waals surface area (Å²) in [6.07, 6.45) is 4.46. The number of rotatable bonds is 4. The highest BCUT2D eigenvalue weighted by atomic mass is 35.5.